The molecule has 12 heteroatoms. The molecule has 3 aromatic rings. The number of hydrogen-bond acceptors (Lipinski definition) is 8. The van der Waals surface area contributed by atoms with Crippen molar-refractivity contribution in [1.82, 2.24) is 19.4 Å². The van der Waals surface area contributed by atoms with Gasteiger partial charge in [0, 0.05) is 61.5 Å². The van der Waals surface area contributed by atoms with Crippen molar-refractivity contribution in [3.05, 3.63) is 75.3 Å². The molecule has 0 aliphatic carbocycles. The molecule has 0 saturated carbocycles. The summed E-state index contributed by atoms with van der Waals surface area (Å²) in [5, 5.41) is 12.3. The molecule has 4 aliphatic rings. The summed E-state index contributed by atoms with van der Waals surface area (Å²) < 4.78 is 20.7. The van der Waals surface area contributed by atoms with Crippen molar-refractivity contribution in [1.29, 1.82) is 5.26 Å². The third-order valence-electron chi connectivity index (χ3n) is 10.4. The predicted molar refractivity (Wildman–Crippen MR) is 180 cm³/mol. The number of alkyl halides is 1. The maximum Gasteiger partial charge on any atom is 0.349 e. The van der Waals surface area contributed by atoms with Crippen molar-refractivity contribution in [2.45, 2.75) is 49.9 Å². The van der Waals surface area contributed by atoms with Crippen LogP contribution in [0.15, 0.2) is 53.3 Å². The summed E-state index contributed by atoms with van der Waals surface area (Å²) in [5.41, 5.74) is 2.07. The van der Waals surface area contributed by atoms with Crippen LogP contribution in [0.1, 0.15) is 30.5 Å². The highest BCUT2D eigenvalue weighted by atomic mass is 35.5. The number of piperazine rings is 1. The van der Waals surface area contributed by atoms with Crippen molar-refractivity contribution >= 4 is 39.8 Å². The first kappa shape index (κ1) is 31.6. The molecular weight excluding hydrogens is 621 g/mol. The first-order valence-electron chi connectivity index (χ1n) is 16.4. The van der Waals surface area contributed by atoms with Crippen molar-refractivity contribution < 1.29 is 13.9 Å². The van der Waals surface area contributed by atoms with Crippen molar-refractivity contribution in [2.24, 2.45) is 0 Å². The molecule has 0 radical (unpaired) electrons. The number of ether oxygens (including phenoxy) is 1. The molecule has 1 aromatic heterocycles. The Hall–Kier alpha value is -3.98. The number of anilines is 2. The molecule has 3 saturated heterocycles. The molecule has 0 unspecified atom stereocenters. The van der Waals surface area contributed by atoms with Gasteiger partial charge in [0.15, 0.2) is 0 Å². The molecule has 0 bridgehead atoms. The highest BCUT2D eigenvalue weighted by molar-refractivity contribution is 6.36. The third-order valence-corrected chi connectivity index (χ3v) is 10.7. The molecule has 2 aromatic carbocycles. The number of rotatable bonds is 7. The second-order valence-electron chi connectivity index (χ2n) is 13.0. The van der Waals surface area contributed by atoms with Gasteiger partial charge >= 0.3 is 5.69 Å². The summed E-state index contributed by atoms with van der Waals surface area (Å²) in [4.78, 5) is 40.3. The van der Waals surface area contributed by atoms with Crippen LogP contribution in [0.5, 0.6) is 0 Å². The summed E-state index contributed by atoms with van der Waals surface area (Å²) in [6, 6.07) is 14.2. The fourth-order valence-corrected chi connectivity index (χ4v) is 8.34. The molecule has 7 rings (SSSR count). The average Bonchev–Trinajstić information content (AvgIpc) is 3.47. The Morgan fingerprint density at radius 2 is 1.98 bits per heavy atom. The minimum Gasteiger partial charge on any atom is -0.376 e. The van der Waals surface area contributed by atoms with Crippen LogP contribution in [0.25, 0.3) is 10.8 Å². The van der Waals surface area contributed by atoms with Crippen molar-refractivity contribution in [3.63, 3.8) is 0 Å². The van der Waals surface area contributed by atoms with E-state index in [2.05, 4.69) is 46.0 Å². The summed E-state index contributed by atoms with van der Waals surface area (Å²) in [7, 11) is 2.11. The molecule has 0 N–H and O–H groups in total. The summed E-state index contributed by atoms with van der Waals surface area (Å²) in [6.07, 6.45) is 5.27. The molecule has 1 amide bonds. The zero-order valence-corrected chi connectivity index (χ0v) is 27.3. The number of likely N-dealkylation sites (tertiary alicyclic amines) is 1. The van der Waals surface area contributed by atoms with E-state index in [4.69, 9.17) is 21.3 Å². The number of hydrogen-bond donors (Lipinski definition) is 0. The van der Waals surface area contributed by atoms with Gasteiger partial charge in [-0.25, -0.2) is 9.18 Å². The van der Waals surface area contributed by atoms with Crippen molar-refractivity contribution in [2.75, 3.05) is 69.5 Å². The lowest BCUT2D eigenvalue weighted by atomic mass is 9.81. The Morgan fingerprint density at radius 1 is 1.17 bits per heavy atom. The zero-order valence-electron chi connectivity index (χ0n) is 26.6. The fourth-order valence-electron chi connectivity index (χ4n) is 8.06. The Kier molecular flexibility index (Phi) is 8.68. The van der Waals surface area contributed by atoms with Crippen LogP contribution in [-0.2, 0) is 28.0 Å². The molecular formula is C35H39ClFN7O3. The number of allylic oxidation sites excluding steroid dienone is 1. The second kappa shape index (κ2) is 12.9. The number of nitrogens with zero attached hydrogens (tertiary/aromatic N) is 7. The van der Waals surface area contributed by atoms with Crippen LogP contribution >= 0.6 is 11.6 Å². The van der Waals surface area contributed by atoms with E-state index >= 15 is 0 Å². The summed E-state index contributed by atoms with van der Waals surface area (Å²) >= 11 is 6.84. The predicted octanol–water partition coefficient (Wildman–Crippen LogP) is 3.89. The Balaban J connectivity index is 1.35. The average molecular weight is 660 g/mol. The van der Waals surface area contributed by atoms with Gasteiger partial charge in [-0.3, -0.25) is 9.36 Å². The van der Waals surface area contributed by atoms with E-state index in [-0.39, 0.29) is 24.1 Å². The first-order chi connectivity index (χ1) is 22.9. The van der Waals surface area contributed by atoms with E-state index in [1.807, 2.05) is 22.8 Å². The Labute approximate surface area is 278 Å². The molecule has 10 nitrogen and oxygen atoms in total. The molecule has 2 atom stereocenters. The van der Waals surface area contributed by atoms with E-state index in [1.54, 1.807) is 4.90 Å². The first-order valence-corrected chi connectivity index (χ1v) is 16.8. The van der Waals surface area contributed by atoms with Crippen LogP contribution in [0.3, 0.4) is 0 Å². The number of carbonyl (C=O) groups is 1. The second-order valence-corrected chi connectivity index (χ2v) is 13.4. The van der Waals surface area contributed by atoms with Crippen molar-refractivity contribution in [3.8, 4) is 6.07 Å². The van der Waals surface area contributed by atoms with Gasteiger partial charge in [-0.05, 0) is 56.4 Å². The van der Waals surface area contributed by atoms with Crippen LogP contribution in [0, 0.1) is 11.3 Å². The van der Waals surface area contributed by atoms with Gasteiger partial charge in [-0.1, -0.05) is 35.9 Å². The maximum atomic E-state index is 14.2. The molecule has 3 fully saturated rings. The Bertz CT molecular complexity index is 1810. The number of likely N-dealkylation sites (N-methyl/N-ethyl adjacent to an activating group) is 1. The van der Waals surface area contributed by atoms with Gasteiger partial charge in [-0.15, -0.1) is 0 Å². The molecule has 5 heterocycles. The number of halogens is 2. The topological polar surface area (TPSA) is 97.9 Å². The highest BCUT2D eigenvalue weighted by Gasteiger charge is 2.53. The monoisotopic (exact) mass is 659 g/mol. The van der Waals surface area contributed by atoms with E-state index in [9.17, 15) is 19.2 Å². The van der Waals surface area contributed by atoms with E-state index < -0.39 is 18.3 Å². The van der Waals surface area contributed by atoms with Crippen LogP contribution in [-0.4, -0.2) is 97.0 Å². The third kappa shape index (κ3) is 5.46. The molecule has 246 valence electrons. The van der Waals surface area contributed by atoms with E-state index in [0.717, 1.165) is 47.1 Å². The van der Waals surface area contributed by atoms with Crippen LogP contribution < -0.4 is 15.5 Å². The smallest absolute Gasteiger partial charge is 0.349 e. The number of carbonyl (C=O) groups excluding carboxylic acids is 1. The SMILES string of the molecule is CN1CCC[C@H]1Cn1c2c(c(N3CCN(C(=O)/C=C/CF)[C@@H](CC#N)C3)nc1=O)CCN(c1cccc3cccc(Cl)c13)C21COC1. The summed E-state index contributed by atoms with van der Waals surface area (Å²) in [6.45, 7) is 3.44. The molecule has 4 aliphatic heterocycles. The zero-order chi connectivity index (χ0) is 32.7. The van der Waals surface area contributed by atoms with Gasteiger partial charge in [0.2, 0.25) is 5.91 Å². The van der Waals surface area contributed by atoms with Crippen LogP contribution in [0.2, 0.25) is 5.02 Å². The normalized spacial score (nSPS) is 22.6. The van der Waals surface area contributed by atoms with Gasteiger partial charge in [0.25, 0.3) is 0 Å². The number of aromatic nitrogens is 2. The minimum atomic E-state index is -0.731. The van der Waals surface area contributed by atoms with E-state index in [1.165, 1.54) is 12.2 Å². The number of benzene rings is 2. The standard InChI is InChI=1S/C35H39ClFN7O3/c1-40-16-5-8-25(40)21-43-32-27(33(39-34(43)46)41-18-19-42(26(20-41)12-15-38)30(45)11-4-14-37)13-17-44(35(32)22-47-23-35)29-10-3-7-24-6-2-9-28(36)31(24)29/h2-4,6-7,9-11,25-26H,5,8,12-14,16-23H2,1H3/b11-4+/t25-,26-/m0/s1. The summed E-state index contributed by atoms with van der Waals surface area (Å²) in [5.74, 6) is 0.306. The number of amides is 1. The van der Waals surface area contributed by atoms with Gasteiger partial charge in [0.1, 0.15) is 18.0 Å². The number of nitriles is 1. The fraction of sp³-hybridized carbons (Fsp3) is 0.486. The van der Waals surface area contributed by atoms with Gasteiger partial charge < -0.3 is 24.3 Å². The highest BCUT2D eigenvalue weighted by Crippen LogP contribution is 2.48. The minimum absolute atomic E-state index is 0.117. The lowest BCUT2D eigenvalue weighted by Gasteiger charge is -2.55. The molecule has 47 heavy (non-hydrogen) atoms. The maximum absolute atomic E-state index is 14.2. The van der Waals surface area contributed by atoms with Gasteiger partial charge in [0.05, 0.1) is 42.5 Å². The Morgan fingerprint density at radius 3 is 2.68 bits per heavy atom. The van der Waals surface area contributed by atoms with Gasteiger partial charge in [-0.2, -0.15) is 10.2 Å². The number of fused-ring (bicyclic) bond motifs is 3. The largest absolute Gasteiger partial charge is 0.376 e. The molecule has 1 spiro atoms. The quantitative estimate of drug-likeness (QED) is 0.353. The lowest BCUT2D eigenvalue weighted by Crippen LogP contribution is -2.65. The van der Waals surface area contributed by atoms with E-state index in [0.29, 0.717) is 63.2 Å². The lowest BCUT2D eigenvalue weighted by molar-refractivity contribution is -0.128. The van der Waals surface area contributed by atoms with Crippen LogP contribution in [0.4, 0.5) is 15.9 Å².